The van der Waals surface area contributed by atoms with E-state index >= 15 is 0 Å². The highest BCUT2D eigenvalue weighted by Gasteiger charge is 2.15. The van der Waals surface area contributed by atoms with Crippen LogP contribution in [0.4, 0.5) is 0 Å². The van der Waals surface area contributed by atoms with E-state index in [0.29, 0.717) is 0 Å². The third-order valence-electron chi connectivity index (χ3n) is 3.04. The Morgan fingerprint density at radius 1 is 1.00 bits per heavy atom. The molecule has 0 saturated carbocycles. The third-order valence-corrected chi connectivity index (χ3v) is 4.49. The Labute approximate surface area is 112 Å². The molecule has 0 bridgehead atoms. The molecular formula is C13H30NO3P. The maximum Gasteiger partial charge on any atom is 0.327 e. The lowest BCUT2D eigenvalue weighted by Crippen LogP contribution is -2.16. The second-order valence-electron chi connectivity index (χ2n) is 4.77. The van der Waals surface area contributed by atoms with Gasteiger partial charge in [0.1, 0.15) is 0 Å². The molecule has 2 N–H and O–H groups in total. The van der Waals surface area contributed by atoms with E-state index in [-0.39, 0.29) is 6.16 Å². The van der Waals surface area contributed by atoms with E-state index in [4.69, 9.17) is 0 Å². The maximum absolute atomic E-state index is 11.2. The number of unbranched alkanes of at least 4 members (excludes halogenated alkanes) is 6. The summed E-state index contributed by atoms with van der Waals surface area (Å²) >= 11 is 0. The first-order chi connectivity index (χ1) is 8.62. The van der Waals surface area contributed by atoms with Gasteiger partial charge in [0.05, 0.1) is 0 Å². The smallest absolute Gasteiger partial charge is 0.324 e. The van der Waals surface area contributed by atoms with Gasteiger partial charge in [0.2, 0.25) is 0 Å². The van der Waals surface area contributed by atoms with Gasteiger partial charge in [0.25, 0.3) is 0 Å². The molecule has 4 nitrogen and oxygen atoms in total. The molecule has 110 valence electrons. The summed E-state index contributed by atoms with van der Waals surface area (Å²) < 4.78 is 15.7. The first-order valence-corrected chi connectivity index (χ1v) is 8.97. The molecule has 1 atom stereocenters. The van der Waals surface area contributed by atoms with Crippen molar-refractivity contribution in [1.82, 2.24) is 5.32 Å². The summed E-state index contributed by atoms with van der Waals surface area (Å²) in [4.78, 5) is 9.19. The molecule has 1 unspecified atom stereocenters. The van der Waals surface area contributed by atoms with Crippen molar-refractivity contribution in [3.8, 4) is 0 Å². The van der Waals surface area contributed by atoms with Gasteiger partial charge in [-0.25, -0.2) is 0 Å². The highest BCUT2D eigenvalue weighted by molar-refractivity contribution is 7.52. The topological polar surface area (TPSA) is 58.6 Å². The van der Waals surface area contributed by atoms with Gasteiger partial charge in [-0.3, -0.25) is 4.57 Å². The largest absolute Gasteiger partial charge is 0.327 e. The summed E-state index contributed by atoms with van der Waals surface area (Å²) in [5.41, 5.74) is 0. The average Bonchev–Trinajstić information content (AvgIpc) is 2.36. The second-order valence-corrected chi connectivity index (χ2v) is 6.86. The molecule has 0 aliphatic heterocycles. The zero-order valence-electron chi connectivity index (χ0n) is 12.0. The Hall–Kier alpha value is 0.110. The molecule has 5 heteroatoms. The van der Waals surface area contributed by atoms with Gasteiger partial charge in [-0.2, -0.15) is 0 Å². The Morgan fingerprint density at radius 3 is 2.11 bits per heavy atom. The van der Waals surface area contributed by atoms with Crippen LogP contribution in [0, 0.1) is 0 Å². The van der Waals surface area contributed by atoms with E-state index in [0.717, 1.165) is 38.8 Å². The summed E-state index contributed by atoms with van der Waals surface area (Å²) in [6.45, 7) is 4.41. The minimum Gasteiger partial charge on any atom is -0.324 e. The van der Waals surface area contributed by atoms with Gasteiger partial charge in [-0.05, 0) is 32.4 Å². The highest BCUT2D eigenvalue weighted by Crippen LogP contribution is 2.41. The molecule has 0 aromatic heterocycles. The standard InChI is InChI=1S/C13H30NO3P/c1-3-4-5-8-11-14-12-9-6-7-10-13-18(15,16)17-2/h14H,3-13H2,1-2H3,(H,15,16). The Bertz CT molecular complexity index is 224. The minimum absolute atomic E-state index is 0.286. The van der Waals surface area contributed by atoms with Crippen molar-refractivity contribution in [2.24, 2.45) is 0 Å². The molecule has 0 aromatic rings. The van der Waals surface area contributed by atoms with Gasteiger partial charge >= 0.3 is 7.60 Å². The highest BCUT2D eigenvalue weighted by atomic mass is 31.2. The van der Waals surface area contributed by atoms with E-state index in [1.807, 2.05) is 0 Å². The molecule has 0 aromatic carbocycles. The maximum atomic E-state index is 11.2. The van der Waals surface area contributed by atoms with E-state index in [1.54, 1.807) is 0 Å². The molecule has 0 fully saturated rings. The first kappa shape index (κ1) is 18.1. The molecular weight excluding hydrogens is 249 g/mol. The van der Waals surface area contributed by atoms with Crippen molar-refractivity contribution in [1.29, 1.82) is 0 Å². The fourth-order valence-corrected chi connectivity index (χ4v) is 2.61. The van der Waals surface area contributed by atoms with Crippen LogP contribution in [0.2, 0.25) is 0 Å². The Kier molecular flexibility index (Phi) is 12.2. The van der Waals surface area contributed by atoms with Gasteiger partial charge in [-0.1, -0.05) is 39.0 Å². The van der Waals surface area contributed by atoms with Crippen molar-refractivity contribution in [3.05, 3.63) is 0 Å². The minimum atomic E-state index is -3.27. The predicted octanol–water partition coefficient (Wildman–Crippen LogP) is 3.55. The van der Waals surface area contributed by atoms with Gasteiger partial charge in [-0.15, -0.1) is 0 Å². The molecule has 0 spiro atoms. The first-order valence-electron chi connectivity index (χ1n) is 7.20. The number of rotatable bonds is 13. The molecule has 0 aliphatic rings. The van der Waals surface area contributed by atoms with Crippen molar-refractivity contribution < 1.29 is 14.0 Å². The van der Waals surface area contributed by atoms with Crippen LogP contribution in [-0.2, 0) is 9.09 Å². The Morgan fingerprint density at radius 2 is 1.56 bits per heavy atom. The van der Waals surface area contributed by atoms with Gasteiger partial charge in [0.15, 0.2) is 0 Å². The van der Waals surface area contributed by atoms with Gasteiger partial charge < -0.3 is 14.7 Å². The molecule has 0 amide bonds. The lowest BCUT2D eigenvalue weighted by molar-refractivity contribution is 0.314. The third kappa shape index (κ3) is 12.6. The van der Waals surface area contributed by atoms with Crippen LogP contribution in [0.3, 0.4) is 0 Å². The van der Waals surface area contributed by atoms with Crippen LogP contribution >= 0.6 is 7.60 Å². The zero-order valence-corrected chi connectivity index (χ0v) is 12.9. The Balaban J connectivity index is 3.10. The summed E-state index contributed by atoms with van der Waals surface area (Å²) in [6, 6.07) is 0. The molecule has 18 heavy (non-hydrogen) atoms. The molecule has 0 radical (unpaired) electrons. The fraction of sp³-hybridized carbons (Fsp3) is 1.00. The molecule has 0 rings (SSSR count). The van der Waals surface area contributed by atoms with E-state index in [1.165, 1.54) is 32.8 Å². The van der Waals surface area contributed by atoms with Crippen LogP contribution in [0.5, 0.6) is 0 Å². The summed E-state index contributed by atoms with van der Waals surface area (Å²) in [5, 5.41) is 3.43. The quantitative estimate of drug-likeness (QED) is 0.400. The summed E-state index contributed by atoms with van der Waals surface area (Å²) in [6.07, 6.45) is 9.56. The SMILES string of the molecule is CCCCCCNCCCCCCP(=O)(O)OC. The van der Waals surface area contributed by atoms with Crippen LogP contribution in [0.25, 0.3) is 0 Å². The number of hydrogen-bond donors (Lipinski definition) is 2. The second kappa shape index (κ2) is 12.2. The van der Waals surface area contributed by atoms with E-state index < -0.39 is 7.60 Å². The van der Waals surface area contributed by atoms with Gasteiger partial charge in [0, 0.05) is 13.3 Å². The van der Waals surface area contributed by atoms with Crippen molar-refractivity contribution in [2.75, 3.05) is 26.4 Å². The summed E-state index contributed by atoms with van der Waals surface area (Å²) in [5.74, 6) is 0. The lowest BCUT2D eigenvalue weighted by atomic mass is 10.2. The monoisotopic (exact) mass is 279 g/mol. The molecule has 0 heterocycles. The fourth-order valence-electron chi connectivity index (χ4n) is 1.81. The normalized spacial score (nSPS) is 14.6. The molecule has 0 saturated heterocycles. The van der Waals surface area contributed by atoms with Crippen molar-refractivity contribution in [3.63, 3.8) is 0 Å². The predicted molar refractivity (Wildman–Crippen MR) is 77.2 cm³/mol. The lowest BCUT2D eigenvalue weighted by Gasteiger charge is -2.08. The average molecular weight is 279 g/mol. The van der Waals surface area contributed by atoms with Crippen LogP contribution < -0.4 is 5.32 Å². The van der Waals surface area contributed by atoms with Crippen molar-refractivity contribution in [2.45, 2.75) is 58.3 Å². The van der Waals surface area contributed by atoms with Crippen LogP contribution in [0.1, 0.15) is 58.3 Å². The van der Waals surface area contributed by atoms with Crippen LogP contribution in [0.15, 0.2) is 0 Å². The number of nitrogens with one attached hydrogen (secondary N) is 1. The summed E-state index contributed by atoms with van der Waals surface area (Å²) in [7, 11) is -1.97. The van der Waals surface area contributed by atoms with Crippen LogP contribution in [-0.4, -0.2) is 31.3 Å². The van der Waals surface area contributed by atoms with E-state index in [9.17, 15) is 9.46 Å². The van der Waals surface area contributed by atoms with E-state index in [2.05, 4.69) is 16.8 Å². The van der Waals surface area contributed by atoms with Crippen molar-refractivity contribution >= 4 is 7.60 Å². The zero-order chi connectivity index (χ0) is 13.7. The molecule has 0 aliphatic carbocycles. The number of hydrogen-bond acceptors (Lipinski definition) is 3.